The molecule has 0 spiro atoms. The molecule has 1 aliphatic carbocycles. The molecule has 1 N–H and O–H groups in total. The number of para-hydroxylation sites is 2. The summed E-state index contributed by atoms with van der Waals surface area (Å²) in [5, 5.41) is 3.52. The van der Waals surface area contributed by atoms with Crippen molar-refractivity contribution in [1.29, 1.82) is 0 Å². The average Bonchev–Trinajstić information content (AvgIpc) is 2.63. The number of thioether (sulfide) groups is 1. The number of anilines is 1. The quantitative estimate of drug-likeness (QED) is 0.645. The van der Waals surface area contributed by atoms with Gasteiger partial charge in [0.05, 0.1) is 19.1 Å². The van der Waals surface area contributed by atoms with E-state index in [4.69, 9.17) is 4.74 Å². The zero-order valence-corrected chi connectivity index (χ0v) is 17.1. The standard InChI is InChI=1S/C18H28N2O4S2/c1-24-17-11-7-6-10-16(17)20(26(2,22)23)14-18(21)19-12-13-25-15-8-4-3-5-9-15/h6-7,10-11,15H,3-5,8-9,12-14H2,1-2H3,(H,19,21). The number of ether oxygens (including phenoxy) is 1. The molecule has 146 valence electrons. The highest BCUT2D eigenvalue weighted by Crippen LogP contribution is 2.29. The summed E-state index contributed by atoms with van der Waals surface area (Å²) in [6, 6.07) is 6.78. The van der Waals surface area contributed by atoms with Gasteiger partial charge in [-0.3, -0.25) is 9.10 Å². The van der Waals surface area contributed by atoms with E-state index in [0.29, 0.717) is 23.2 Å². The third-order valence-electron chi connectivity index (χ3n) is 4.37. The fourth-order valence-electron chi connectivity index (χ4n) is 3.05. The van der Waals surface area contributed by atoms with Crippen molar-refractivity contribution in [2.75, 3.05) is 36.5 Å². The van der Waals surface area contributed by atoms with Gasteiger partial charge < -0.3 is 10.1 Å². The molecular weight excluding hydrogens is 372 g/mol. The summed E-state index contributed by atoms with van der Waals surface area (Å²) in [5.41, 5.74) is 0.365. The van der Waals surface area contributed by atoms with Crippen LogP contribution >= 0.6 is 11.8 Å². The predicted octanol–water partition coefficient (Wildman–Crippen LogP) is 2.64. The Hall–Kier alpha value is -1.41. The lowest BCUT2D eigenvalue weighted by Gasteiger charge is -2.24. The van der Waals surface area contributed by atoms with Gasteiger partial charge in [0, 0.05) is 17.5 Å². The van der Waals surface area contributed by atoms with Crippen molar-refractivity contribution in [2.24, 2.45) is 0 Å². The second kappa shape index (κ2) is 10.1. The van der Waals surface area contributed by atoms with Gasteiger partial charge in [0.15, 0.2) is 0 Å². The van der Waals surface area contributed by atoms with E-state index in [2.05, 4.69) is 5.32 Å². The van der Waals surface area contributed by atoms with Crippen LogP contribution in [0.3, 0.4) is 0 Å². The molecular formula is C18H28N2O4S2. The third kappa shape index (κ3) is 6.39. The molecule has 0 aromatic heterocycles. The summed E-state index contributed by atoms with van der Waals surface area (Å²) in [5.74, 6) is 0.952. The predicted molar refractivity (Wildman–Crippen MR) is 108 cm³/mol. The second-order valence-electron chi connectivity index (χ2n) is 6.42. The summed E-state index contributed by atoms with van der Waals surface area (Å²) in [6.07, 6.45) is 7.53. The van der Waals surface area contributed by atoms with Crippen LogP contribution in [0.5, 0.6) is 5.75 Å². The molecule has 6 nitrogen and oxygen atoms in total. The van der Waals surface area contributed by atoms with Crippen LogP contribution in [0.4, 0.5) is 5.69 Å². The van der Waals surface area contributed by atoms with Crippen LogP contribution in [0.15, 0.2) is 24.3 Å². The minimum atomic E-state index is -3.61. The molecule has 0 bridgehead atoms. The molecule has 1 aromatic rings. The zero-order chi connectivity index (χ0) is 19.0. The minimum absolute atomic E-state index is 0.257. The van der Waals surface area contributed by atoms with Gasteiger partial charge in [0.25, 0.3) is 0 Å². The Morgan fingerprint density at radius 3 is 2.62 bits per heavy atom. The third-order valence-corrected chi connectivity index (χ3v) is 6.88. The van der Waals surface area contributed by atoms with Crippen LogP contribution in [0, 0.1) is 0 Å². The molecule has 26 heavy (non-hydrogen) atoms. The molecule has 0 radical (unpaired) electrons. The number of sulfonamides is 1. The van der Waals surface area contributed by atoms with Gasteiger partial charge in [0.2, 0.25) is 15.9 Å². The SMILES string of the molecule is COc1ccccc1N(CC(=O)NCCSC1CCCCC1)S(C)(=O)=O. The van der Waals surface area contributed by atoms with Crippen LogP contribution < -0.4 is 14.4 Å². The summed E-state index contributed by atoms with van der Waals surface area (Å²) < 4.78 is 30.6. The van der Waals surface area contributed by atoms with Gasteiger partial charge in [-0.05, 0) is 25.0 Å². The van der Waals surface area contributed by atoms with Crippen LogP contribution in [0.1, 0.15) is 32.1 Å². The first-order chi connectivity index (χ1) is 12.4. The van der Waals surface area contributed by atoms with E-state index in [1.807, 2.05) is 11.8 Å². The van der Waals surface area contributed by atoms with Crippen LogP contribution in [-0.2, 0) is 14.8 Å². The average molecular weight is 401 g/mol. The molecule has 1 aromatic carbocycles. The zero-order valence-electron chi connectivity index (χ0n) is 15.4. The molecule has 2 rings (SSSR count). The number of hydrogen-bond donors (Lipinski definition) is 1. The number of carbonyl (C=O) groups excluding carboxylic acids is 1. The summed E-state index contributed by atoms with van der Waals surface area (Å²) in [4.78, 5) is 12.3. The van der Waals surface area contributed by atoms with Crippen molar-refractivity contribution in [1.82, 2.24) is 5.32 Å². The lowest BCUT2D eigenvalue weighted by molar-refractivity contribution is -0.119. The number of nitrogens with zero attached hydrogens (tertiary/aromatic N) is 1. The van der Waals surface area contributed by atoms with Crippen molar-refractivity contribution in [3.8, 4) is 5.75 Å². The molecule has 1 fully saturated rings. The number of carbonyl (C=O) groups is 1. The van der Waals surface area contributed by atoms with Gasteiger partial charge in [-0.15, -0.1) is 0 Å². The summed E-state index contributed by atoms with van der Waals surface area (Å²) >= 11 is 1.90. The van der Waals surface area contributed by atoms with Crippen molar-refractivity contribution >= 4 is 33.4 Å². The maximum absolute atomic E-state index is 12.3. The molecule has 0 heterocycles. The van der Waals surface area contributed by atoms with Crippen LogP contribution in [0.25, 0.3) is 0 Å². The summed E-state index contributed by atoms with van der Waals surface area (Å²) in [6.45, 7) is 0.289. The van der Waals surface area contributed by atoms with E-state index in [1.165, 1.54) is 39.2 Å². The number of amides is 1. The second-order valence-corrected chi connectivity index (χ2v) is 9.74. The molecule has 1 saturated carbocycles. The molecule has 0 saturated heterocycles. The van der Waals surface area contributed by atoms with Crippen LogP contribution in [-0.4, -0.2) is 51.8 Å². The summed E-state index contributed by atoms with van der Waals surface area (Å²) in [7, 11) is -2.13. The fraction of sp³-hybridized carbons (Fsp3) is 0.611. The highest BCUT2D eigenvalue weighted by molar-refractivity contribution is 7.99. The van der Waals surface area contributed by atoms with Crippen molar-refractivity contribution < 1.29 is 17.9 Å². The molecule has 1 aliphatic rings. The number of nitrogens with one attached hydrogen (secondary N) is 1. The first-order valence-electron chi connectivity index (χ1n) is 8.91. The monoisotopic (exact) mass is 400 g/mol. The maximum atomic E-state index is 12.3. The van der Waals surface area contributed by atoms with E-state index in [1.54, 1.807) is 24.3 Å². The van der Waals surface area contributed by atoms with Crippen LogP contribution in [0.2, 0.25) is 0 Å². The number of methoxy groups -OCH3 is 1. The van der Waals surface area contributed by atoms with E-state index in [-0.39, 0.29) is 12.5 Å². The Morgan fingerprint density at radius 2 is 1.96 bits per heavy atom. The molecule has 0 unspecified atom stereocenters. The molecule has 8 heteroatoms. The van der Waals surface area contributed by atoms with E-state index in [9.17, 15) is 13.2 Å². The fourth-order valence-corrected chi connectivity index (χ4v) is 5.13. The largest absolute Gasteiger partial charge is 0.495 e. The van der Waals surface area contributed by atoms with Gasteiger partial charge in [-0.1, -0.05) is 31.4 Å². The number of hydrogen-bond acceptors (Lipinski definition) is 5. The van der Waals surface area contributed by atoms with E-state index >= 15 is 0 Å². The normalized spacial score (nSPS) is 15.5. The highest BCUT2D eigenvalue weighted by atomic mass is 32.2. The lowest BCUT2D eigenvalue weighted by atomic mass is 10.0. The first-order valence-corrected chi connectivity index (χ1v) is 11.8. The Morgan fingerprint density at radius 1 is 1.27 bits per heavy atom. The molecule has 0 aliphatic heterocycles. The Kier molecular flexibility index (Phi) is 8.09. The topological polar surface area (TPSA) is 75.7 Å². The van der Waals surface area contributed by atoms with Crippen molar-refractivity contribution in [3.63, 3.8) is 0 Å². The maximum Gasteiger partial charge on any atom is 0.240 e. The number of rotatable bonds is 9. The van der Waals surface area contributed by atoms with Gasteiger partial charge >= 0.3 is 0 Å². The Bertz CT molecular complexity index is 688. The van der Waals surface area contributed by atoms with Crippen molar-refractivity contribution in [2.45, 2.75) is 37.4 Å². The van der Waals surface area contributed by atoms with Gasteiger partial charge in [-0.25, -0.2) is 8.42 Å². The minimum Gasteiger partial charge on any atom is -0.495 e. The van der Waals surface area contributed by atoms with Gasteiger partial charge in [0.1, 0.15) is 12.3 Å². The molecule has 1 amide bonds. The lowest BCUT2D eigenvalue weighted by Crippen LogP contribution is -2.41. The Balaban J connectivity index is 1.88. The Labute approximate surface area is 160 Å². The number of benzene rings is 1. The first kappa shape index (κ1) is 20.9. The highest BCUT2D eigenvalue weighted by Gasteiger charge is 2.23. The van der Waals surface area contributed by atoms with Crippen molar-refractivity contribution in [3.05, 3.63) is 24.3 Å². The molecule has 0 atom stereocenters. The van der Waals surface area contributed by atoms with E-state index in [0.717, 1.165) is 16.3 Å². The van der Waals surface area contributed by atoms with E-state index < -0.39 is 10.0 Å². The smallest absolute Gasteiger partial charge is 0.240 e. The van der Waals surface area contributed by atoms with Gasteiger partial charge in [-0.2, -0.15) is 11.8 Å².